The van der Waals surface area contributed by atoms with Gasteiger partial charge in [-0.25, -0.2) is 0 Å². The topological polar surface area (TPSA) is 64.3 Å². The molecule has 1 unspecified atom stereocenters. The van der Waals surface area contributed by atoms with Crippen LogP contribution in [0.5, 0.6) is 0 Å². The molecule has 0 aliphatic heterocycles. The van der Waals surface area contributed by atoms with Gasteiger partial charge in [0.2, 0.25) is 5.91 Å². The van der Waals surface area contributed by atoms with Crippen molar-refractivity contribution < 1.29 is 9.53 Å². The SMILES string of the molecule is CCC(OC1CCCC1)C(=O)NCC(N)(CC)CC.Cl. The molecule has 120 valence electrons. The summed E-state index contributed by atoms with van der Waals surface area (Å²) in [7, 11) is 0. The molecular weight excluding hydrogens is 276 g/mol. The molecule has 1 amide bonds. The largest absolute Gasteiger partial charge is 0.365 e. The van der Waals surface area contributed by atoms with Crippen molar-refractivity contribution in [2.45, 2.75) is 83.5 Å². The van der Waals surface area contributed by atoms with Crippen molar-refractivity contribution in [1.82, 2.24) is 5.32 Å². The Bertz CT molecular complexity index is 277. The van der Waals surface area contributed by atoms with Crippen LogP contribution in [0.3, 0.4) is 0 Å². The van der Waals surface area contributed by atoms with E-state index >= 15 is 0 Å². The van der Waals surface area contributed by atoms with E-state index in [2.05, 4.69) is 19.2 Å². The van der Waals surface area contributed by atoms with Crippen LogP contribution in [0.4, 0.5) is 0 Å². The summed E-state index contributed by atoms with van der Waals surface area (Å²) in [5.74, 6) is -0.00822. The number of halogens is 1. The second-order valence-corrected chi connectivity index (χ2v) is 5.73. The minimum atomic E-state index is -0.318. The first-order valence-electron chi connectivity index (χ1n) is 7.76. The van der Waals surface area contributed by atoms with E-state index in [4.69, 9.17) is 10.5 Å². The number of ether oxygens (including phenoxy) is 1. The smallest absolute Gasteiger partial charge is 0.249 e. The Hall–Kier alpha value is -0.320. The minimum Gasteiger partial charge on any atom is -0.365 e. The first-order chi connectivity index (χ1) is 9.04. The summed E-state index contributed by atoms with van der Waals surface area (Å²) >= 11 is 0. The lowest BCUT2D eigenvalue weighted by atomic mass is 9.94. The minimum absolute atomic E-state index is 0. The van der Waals surface area contributed by atoms with Gasteiger partial charge in [-0.15, -0.1) is 12.4 Å². The molecule has 0 saturated heterocycles. The van der Waals surface area contributed by atoms with Crippen LogP contribution in [-0.2, 0) is 9.53 Å². The highest BCUT2D eigenvalue weighted by Crippen LogP contribution is 2.23. The summed E-state index contributed by atoms with van der Waals surface area (Å²) in [4.78, 5) is 12.1. The maximum atomic E-state index is 12.1. The van der Waals surface area contributed by atoms with E-state index in [1.54, 1.807) is 0 Å². The predicted molar refractivity (Wildman–Crippen MR) is 85.2 cm³/mol. The zero-order valence-electron chi connectivity index (χ0n) is 13.1. The first-order valence-corrected chi connectivity index (χ1v) is 7.76. The summed E-state index contributed by atoms with van der Waals surface area (Å²) in [5, 5.41) is 2.96. The Balaban J connectivity index is 0.00000361. The van der Waals surface area contributed by atoms with Gasteiger partial charge in [0.15, 0.2) is 0 Å². The van der Waals surface area contributed by atoms with E-state index in [1.165, 1.54) is 12.8 Å². The molecule has 1 rings (SSSR count). The highest BCUT2D eigenvalue weighted by Gasteiger charge is 2.26. The van der Waals surface area contributed by atoms with Crippen LogP contribution in [0.1, 0.15) is 65.7 Å². The molecule has 1 saturated carbocycles. The molecule has 0 aromatic rings. The highest BCUT2D eigenvalue weighted by atomic mass is 35.5. The summed E-state index contributed by atoms with van der Waals surface area (Å²) in [6.07, 6.45) is 7.03. The second kappa shape index (κ2) is 9.59. The Morgan fingerprint density at radius 2 is 1.85 bits per heavy atom. The summed E-state index contributed by atoms with van der Waals surface area (Å²) in [6, 6.07) is 0. The van der Waals surface area contributed by atoms with Crippen LogP contribution < -0.4 is 11.1 Å². The maximum Gasteiger partial charge on any atom is 0.249 e. The van der Waals surface area contributed by atoms with Gasteiger partial charge in [-0.1, -0.05) is 33.6 Å². The fourth-order valence-corrected chi connectivity index (χ4v) is 2.48. The third-order valence-corrected chi connectivity index (χ3v) is 4.35. The lowest BCUT2D eigenvalue weighted by Crippen LogP contribution is -2.51. The summed E-state index contributed by atoms with van der Waals surface area (Å²) in [5.41, 5.74) is 5.90. The fraction of sp³-hybridized carbons (Fsp3) is 0.933. The third kappa shape index (κ3) is 5.98. The Labute approximate surface area is 129 Å². The molecule has 0 aromatic heterocycles. The van der Waals surface area contributed by atoms with E-state index in [-0.39, 0.29) is 36.1 Å². The predicted octanol–water partition coefficient (Wildman–Crippen LogP) is 2.78. The average Bonchev–Trinajstić information content (AvgIpc) is 2.94. The van der Waals surface area contributed by atoms with E-state index in [9.17, 15) is 4.79 Å². The quantitative estimate of drug-likeness (QED) is 0.725. The van der Waals surface area contributed by atoms with Crippen molar-refractivity contribution in [2.75, 3.05) is 6.54 Å². The van der Waals surface area contributed by atoms with Crippen molar-refractivity contribution >= 4 is 18.3 Å². The van der Waals surface area contributed by atoms with Gasteiger partial charge in [0, 0.05) is 12.1 Å². The zero-order chi connectivity index (χ0) is 14.3. The van der Waals surface area contributed by atoms with Gasteiger partial charge in [-0.05, 0) is 32.1 Å². The van der Waals surface area contributed by atoms with Gasteiger partial charge >= 0.3 is 0 Å². The Morgan fingerprint density at radius 1 is 1.30 bits per heavy atom. The molecule has 5 heteroatoms. The van der Waals surface area contributed by atoms with Gasteiger partial charge in [-0.3, -0.25) is 4.79 Å². The van der Waals surface area contributed by atoms with Crippen LogP contribution in [0.2, 0.25) is 0 Å². The van der Waals surface area contributed by atoms with Crippen LogP contribution in [0, 0.1) is 0 Å². The molecule has 20 heavy (non-hydrogen) atoms. The lowest BCUT2D eigenvalue weighted by Gasteiger charge is -2.28. The van der Waals surface area contributed by atoms with E-state index < -0.39 is 0 Å². The molecule has 0 bridgehead atoms. The molecule has 1 aliphatic carbocycles. The molecule has 1 atom stereocenters. The van der Waals surface area contributed by atoms with Crippen molar-refractivity contribution in [3.8, 4) is 0 Å². The monoisotopic (exact) mass is 306 g/mol. The number of hydrogen-bond acceptors (Lipinski definition) is 3. The van der Waals surface area contributed by atoms with E-state index in [0.717, 1.165) is 32.1 Å². The van der Waals surface area contributed by atoms with Crippen molar-refractivity contribution in [3.05, 3.63) is 0 Å². The van der Waals surface area contributed by atoms with Gasteiger partial charge in [0.05, 0.1) is 6.10 Å². The standard InChI is InChI=1S/C15H30N2O2.ClH/c1-4-13(19-12-9-7-8-10-12)14(18)17-11-15(16,5-2)6-3;/h12-13H,4-11,16H2,1-3H3,(H,17,18);1H. The van der Waals surface area contributed by atoms with Crippen molar-refractivity contribution in [1.29, 1.82) is 0 Å². The lowest BCUT2D eigenvalue weighted by molar-refractivity contribution is -0.137. The number of rotatable bonds is 8. The second-order valence-electron chi connectivity index (χ2n) is 5.73. The molecule has 0 radical (unpaired) electrons. The van der Waals surface area contributed by atoms with Crippen LogP contribution in [0.15, 0.2) is 0 Å². The Kier molecular flexibility index (Phi) is 9.43. The van der Waals surface area contributed by atoms with Gasteiger partial charge < -0.3 is 15.8 Å². The molecular formula is C15H31ClN2O2. The molecule has 0 aromatic carbocycles. The van der Waals surface area contributed by atoms with Crippen LogP contribution in [0.25, 0.3) is 0 Å². The van der Waals surface area contributed by atoms with Crippen molar-refractivity contribution in [2.24, 2.45) is 5.73 Å². The number of carbonyl (C=O) groups is 1. The normalized spacial score (nSPS) is 17.6. The third-order valence-electron chi connectivity index (χ3n) is 4.35. The number of amides is 1. The first kappa shape index (κ1) is 19.7. The molecule has 0 heterocycles. The summed E-state index contributed by atoms with van der Waals surface area (Å²) in [6.45, 7) is 6.64. The van der Waals surface area contributed by atoms with Gasteiger partial charge in [0.1, 0.15) is 6.10 Å². The number of hydrogen-bond donors (Lipinski definition) is 2. The molecule has 1 fully saturated rings. The number of nitrogens with one attached hydrogen (secondary N) is 1. The highest BCUT2D eigenvalue weighted by molar-refractivity contribution is 5.85. The molecule has 3 N–H and O–H groups in total. The van der Waals surface area contributed by atoms with Crippen molar-refractivity contribution in [3.63, 3.8) is 0 Å². The van der Waals surface area contributed by atoms with Crippen LogP contribution >= 0.6 is 12.4 Å². The van der Waals surface area contributed by atoms with Gasteiger partial charge in [0.25, 0.3) is 0 Å². The molecule has 4 nitrogen and oxygen atoms in total. The summed E-state index contributed by atoms with van der Waals surface area (Å²) < 4.78 is 5.90. The molecule has 1 aliphatic rings. The maximum absolute atomic E-state index is 12.1. The van der Waals surface area contributed by atoms with E-state index in [1.807, 2.05) is 6.92 Å². The molecule has 0 spiro atoms. The average molecular weight is 307 g/mol. The van der Waals surface area contributed by atoms with E-state index in [0.29, 0.717) is 6.54 Å². The Morgan fingerprint density at radius 3 is 2.30 bits per heavy atom. The van der Waals surface area contributed by atoms with Gasteiger partial charge in [-0.2, -0.15) is 0 Å². The number of nitrogens with two attached hydrogens (primary N) is 1. The zero-order valence-corrected chi connectivity index (χ0v) is 13.9. The number of carbonyl (C=O) groups excluding carboxylic acids is 1. The van der Waals surface area contributed by atoms with Crippen LogP contribution in [-0.4, -0.2) is 30.2 Å². The fourth-order valence-electron chi connectivity index (χ4n) is 2.48.